The summed E-state index contributed by atoms with van der Waals surface area (Å²) in [6.45, 7) is 8.97. The number of rotatable bonds is 3. The molecule has 1 N–H and O–H groups in total. The second-order valence-corrected chi connectivity index (χ2v) is 6.86. The minimum atomic E-state index is -3.96. The molecule has 2 rings (SSSR count). The van der Waals surface area contributed by atoms with E-state index in [0.717, 1.165) is 0 Å². The molecule has 136 valence electrons. The van der Waals surface area contributed by atoms with E-state index in [0.29, 0.717) is 21.5 Å². The van der Waals surface area contributed by atoms with Crippen molar-refractivity contribution in [2.45, 2.75) is 39.5 Å². The van der Waals surface area contributed by atoms with Crippen LogP contribution in [0.25, 0.3) is 0 Å². The summed E-state index contributed by atoms with van der Waals surface area (Å²) in [5.74, 6) is 0.862. The molecule has 0 unspecified atom stereocenters. The van der Waals surface area contributed by atoms with Gasteiger partial charge in [0.15, 0.2) is 0 Å². The molecule has 2 aromatic rings. The molecule has 0 aliphatic carbocycles. The lowest BCUT2D eigenvalue weighted by Gasteiger charge is -2.18. The van der Waals surface area contributed by atoms with Crippen molar-refractivity contribution < 1.29 is 13.2 Å². The van der Waals surface area contributed by atoms with E-state index in [9.17, 15) is 13.2 Å². The average molecular weight is 365 g/mol. The van der Waals surface area contributed by atoms with Crippen LogP contribution in [0.3, 0.4) is 0 Å². The maximum atomic E-state index is 12.5. The van der Waals surface area contributed by atoms with E-state index in [1.165, 1.54) is 13.1 Å². The number of hydrogen-bond donors (Lipinski definition) is 1. The highest BCUT2D eigenvalue weighted by Crippen LogP contribution is 2.19. The fourth-order valence-electron chi connectivity index (χ4n) is 1.95. The molecule has 0 aliphatic rings. The second-order valence-electron chi connectivity index (χ2n) is 4.92. The number of nitrogens with zero attached hydrogens (tertiary/aromatic N) is 4. The van der Waals surface area contributed by atoms with E-state index in [1.54, 1.807) is 39.0 Å². The molecule has 0 atom stereocenters. The molecule has 0 saturated carbocycles. The Balaban J connectivity index is 0.00000151. The van der Waals surface area contributed by atoms with Gasteiger partial charge in [-0.1, -0.05) is 32.0 Å². The summed E-state index contributed by atoms with van der Waals surface area (Å²) in [6, 6.07) is 5.59. The molecule has 0 saturated heterocycles. The van der Waals surface area contributed by atoms with E-state index in [4.69, 9.17) is 0 Å². The predicted octanol–water partition coefficient (Wildman–Crippen LogP) is 2.68. The fourth-order valence-corrected chi connectivity index (χ4v) is 3.23. The fraction of sp³-hybridized carbons (Fsp3) is 0.375. The molecule has 0 fully saturated rings. The molecule has 9 heteroatoms. The van der Waals surface area contributed by atoms with Crippen LogP contribution in [0.15, 0.2) is 29.2 Å². The molecule has 0 aliphatic heterocycles. The van der Waals surface area contributed by atoms with Crippen LogP contribution in [0, 0.1) is 20.8 Å². The monoisotopic (exact) mass is 365 g/mol. The van der Waals surface area contributed by atoms with Gasteiger partial charge in [-0.2, -0.15) is 9.97 Å². The smallest absolute Gasteiger partial charge is 0.275 e. The van der Waals surface area contributed by atoms with Gasteiger partial charge in [0.1, 0.15) is 11.6 Å². The number of benzene rings is 1. The molecular formula is C16H23N5O3S. The minimum absolute atomic E-state index is 0.00633. The van der Waals surface area contributed by atoms with Crippen LogP contribution in [0.1, 0.15) is 31.1 Å². The van der Waals surface area contributed by atoms with E-state index in [2.05, 4.69) is 20.3 Å². The maximum Gasteiger partial charge on any atom is 0.337 e. The highest BCUT2D eigenvalue weighted by molar-refractivity contribution is 7.89. The number of aryl methyl sites for hydroxylation is 3. The van der Waals surface area contributed by atoms with Crippen molar-refractivity contribution in [1.82, 2.24) is 19.3 Å². The zero-order valence-corrected chi connectivity index (χ0v) is 16.0. The standard InChI is InChI=1S/C14H17N5O3S.C2H6/c1-9-7-5-6-8-12(9)23(21,22)19(4)14(20)18-13-16-10(2)15-11(3)17-13;1-2/h5-8H,1-4H3,(H,15,16,17,18,20);1-2H3. The lowest BCUT2D eigenvalue weighted by molar-refractivity contribution is 0.240. The maximum absolute atomic E-state index is 12.5. The van der Waals surface area contributed by atoms with E-state index in [-0.39, 0.29) is 10.8 Å². The first-order valence-electron chi connectivity index (χ1n) is 7.76. The molecular weight excluding hydrogens is 342 g/mol. The Morgan fingerprint density at radius 3 is 2.04 bits per heavy atom. The van der Waals surface area contributed by atoms with Gasteiger partial charge in [0.25, 0.3) is 10.0 Å². The number of carbonyl (C=O) groups is 1. The summed E-state index contributed by atoms with van der Waals surface area (Å²) >= 11 is 0. The van der Waals surface area contributed by atoms with Crippen LogP contribution in [-0.4, -0.2) is 40.8 Å². The molecule has 1 heterocycles. The van der Waals surface area contributed by atoms with Gasteiger partial charge in [0.2, 0.25) is 5.95 Å². The number of amides is 2. The Morgan fingerprint density at radius 2 is 1.52 bits per heavy atom. The number of anilines is 1. The Bertz CT molecular complexity index is 832. The lowest BCUT2D eigenvalue weighted by atomic mass is 10.2. The number of hydrogen-bond acceptors (Lipinski definition) is 6. The Kier molecular flexibility index (Phi) is 6.98. The first kappa shape index (κ1) is 20.5. The van der Waals surface area contributed by atoms with Crippen LogP contribution in [0.5, 0.6) is 0 Å². The topological polar surface area (TPSA) is 105 Å². The largest absolute Gasteiger partial charge is 0.337 e. The van der Waals surface area contributed by atoms with Crippen LogP contribution in [0.4, 0.5) is 10.7 Å². The second kappa shape index (κ2) is 8.52. The summed E-state index contributed by atoms with van der Waals surface area (Å²) in [5.41, 5.74) is 0.555. The van der Waals surface area contributed by atoms with Crippen molar-refractivity contribution >= 4 is 22.0 Å². The van der Waals surface area contributed by atoms with Crippen molar-refractivity contribution in [3.63, 3.8) is 0 Å². The first-order valence-corrected chi connectivity index (χ1v) is 9.20. The molecule has 1 aromatic carbocycles. The third kappa shape index (κ3) is 4.96. The van der Waals surface area contributed by atoms with Gasteiger partial charge in [-0.15, -0.1) is 0 Å². The minimum Gasteiger partial charge on any atom is -0.275 e. The number of aromatic nitrogens is 3. The molecule has 0 radical (unpaired) electrons. The third-order valence-corrected chi connectivity index (χ3v) is 5.00. The zero-order chi connectivity index (χ0) is 19.2. The van der Waals surface area contributed by atoms with Crippen LogP contribution in [0.2, 0.25) is 0 Å². The summed E-state index contributed by atoms with van der Waals surface area (Å²) < 4.78 is 25.7. The Hall–Kier alpha value is -2.55. The third-order valence-electron chi connectivity index (χ3n) is 3.10. The van der Waals surface area contributed by atoms with Crippen LogP contribution < -0.4 is 5.32 Å². The lowest BCUT2D eigenvalue weighted by Crippen LogP contribution is -2.37. The quantitative estimate of drug-likeness (QED) is 0.896. The zero-order valence-electron chi connectivity index (χ0n) is 15.2. The van der Waals surface area contributed by atoms with Gasteiger partial charge < -0.3 is 0 Å². The van der Waals surface area contributed by atoms with Gasteiger partial charge >= 0.3 is 6.03 Å². The van der Waals surface area contributed by atoms with Gasteiger partial charge in [-0.25, -0.2) is 22.5 Å². The summed E-state index contributed by atoms with van der Waals surface area (Å²) in [5, 5.41) is 2.36. The number of carbonyl (C=O) groups excluding carboxylic acids is 1. The van der Waals surface area contributed by atoms with E-state index in [1.807, 2.05) is 13.8 Å². The van der Waals surface area contributed by atoms with Crippen molar-refractivity contribution in [1.29, 1.82) is 0 Å². The van der Waals surface area contributed by atoms with Gasteiger partial charge in [0, 0.05) is 7.05 Å². The SMILES string of the molecule is CC.Cc1nc(C)nc(NC(=O)N(C)S(=O)(=O)c2ccccc2C)n1. The van der Waals surface area contributed by atoms with Crippen molar-refractivity contribution in [3.8, 4) is 0 Å². The molecule has 8 nitrogen and oxygen atoms in total. The van der Waals surface area contributed by atoms with Crippen molar-refractivity contribution in [2.75, 3.05) is 12.4 Å². The summed E-state index contributed by atoms with van der Waals surface area (Å²) in [4.78, 5) is 24.2. The van der Waals surface area contributed by atoms with Gasteiger partial charge in [-0.05, 0) is 32.4 Å². The van der Waals surface area contributed by atoms with Crippen LogP contribution >= 0.6 is 0 Å². The summed E-state index contributed by atoms with van der Waals surface area (Å²) in [6.07, 6.45) is 0. The molecule has 0 spiro atoms. The molecule has 0 bridgehead atoms. The van der Waals surface area contributed by atoms with E-state index >= 15 is 0 Å². The van der Waals surface area contributed by atoms with Gasteiger partial charge in [0.05, 0.1) is 4.90 Å². The first-order chi connectivity index (χ1) is 11.7. The van der Waals surface area contributed by atoms with Crippen LogP contribution in [-0.2, 0) is 10.0 Å². The normalized spacial score (nSPS) is 10.5. The van der Waals surface area contributed by atoms with Crippen molar-refractivity contribution in [3.05, 3.63) is 41.5 Å². The van der Waals surface area contributed by atoms with E-state index < -0.39 is 16.1 Å². The molecule has 1 aromatic heterocycles. The van der Waals surface area contributed by atoms with Crippen molar-refractivity contribution in [2.24, 2.45) is 0 Å². The Labute approximate surface area is 148 Å². The number of urea groups is 1. The molecule has 25 heavy (non-hydrogen) atoms. The highest BCUT2D eigenvalue weighted by atomic mass is 32.2. The molecule has 2 amide bonds. The number of sulfonamides is 1. The summed E-state index contributed by atoms with van der Waals surface area (Å²) in [7, 11) is -2.78. The number of nitrogens with one attached hydrogen (secondary N) is 1. The average Bonchev–Trinajstić information content (AvgIpc) is 2.55. The predicted molar refractivity (Wildman–Crippen MR) is 95.8 cm³/mol. The Morgan fingerprint density at radius 1 is 1.00 bits per heavy atom. The highest BCUT2D eigenvalue weighted by Gasteiger charge is 2.27. The van der Waals surface area contributed by atoms with Gasteiger partial charge in [-0.3, -0.25) is 5.32 Å².